The fourth-order valence-electron chi connectivity index (χ4n) is 5.52. The normalized spacial score (nSPS) is 25.0. The number of aliphatic hydroxyl groups is 1. The lowest BCUT2D eigenvalue weighted by atomic mass is 9.74. The topological polar surface area (TPSA) is 69.6 Å². The van der Waals surface area contributed by atoms with Crippen LogP contribution in [0.4, 0.5) is 0 Å². The van der Waals surface area contributed by atoms with E-state index in [1.807, 2.05) is 37.4 Å². The lowest BCUT2D eigenvalue weighted by molar-refractivity contribution is -0.119. The van der Waals surface area contributed by atoms with Crippen molar-refractivity contribution in [3.05, 3.63) is 70.8 Å². The predicted octanol–water partition coefficient (Wildman–Crippen LogP) is 3.62. The van der Waals surface area contributed by atoms with Gasteiger partial charge in [-0.1, -0.05) is 36.4 Å². The lowest BCUT2D eigenvalue weighted by Crippen LogP contribution is -2.44. The van der Waals surface area contributed by atoms with Gasteiger partial charge >= 0.3 is 0 Å². The van der Waals surface area contributed by atoms with Crippen molar-refractivity contribution in [1.82, 2.24) is 10.2 Å². The van der Waals surface area contributed by atoms with Gasteiger partial charge in [-0.05, 0) is 73.8 Å². The second-order valence-corrected chi connectivity index (χ2v) is 9.52. The molecule has 0 saturated heterocycles. The molecule has 0 heterocycles. The molecule has 0 aromatic heterocycles. The molecule has 1 saturated carbocycles. The highest BCUT2D eigenvalue weighted by Gasteiger charge is 2.40. The van der Waals surface area contributed by atoms with Crippen molar-refractivity contribution in [2.24, 2.45) is 0 Å². The van der Waals surface area contributed by atoms with Gasteiger partial charge in [-0.2, -0.15) is 0 Å². The lowest BCUT2D eigenvalue weighted by Gasteiger charge is -2.34. The summed E-state index contributed by atoms with van der Waals surface area (Å²) in [7, 11) is 1.81. The van der Waals surface area contributed by atoms with Gasteiger partial charge < -0.3 is 15.3 Å². The fraction of sp³-hybridized carbons (Fsp3) is 0.481. The van der Waals surface area contributed by atoms with Crippen LogP contribution >= 0.6 is 0 Å². The van der Waals surface area contributed by atoms with E-state index in [2.05, 4.69) is 23.5 Å². The molecule has 0 radical (unpaired) electrons. The molecule has 2 aliphatic carbocycles. The first-order chi connectivity index (χ1) is 15.4. The molecule has 5 heteroatoms. The number of benzene rings is 2. The molecule has 2 aliphatic rings. The molecule has 3 atom stereocenters. The molecule has 5 nitrogen and oxygen atoms in total. The number of aliphatic hydroxyl groups excluding tert-OH is 1. The van der Waals surface area contributed by atoms with E-state index >= 15 is 0 Å². The third kappa shape index (κ3) is 4.58. The van der Waals surface area contributed by atoms with Crippen molar-refractivity contribution in [3.63, 3.8) is 0 Å². The first kappa shape index (κ1) is 22.5. The number of aryl methyl sites for hydroxylation is 2. The Balaban J connectivity index is 1.54. The van der Waals surface area contributed by atoms with Gasteiger partial charge in [0.15, 0.2) is 0 Å². The Bertz CT molecular complexity index is 974. The monoisotopic (exact) mass is 434 g/mol. The Morgan fingerprint density at radius 3 is 2.53 bits per heavy atom. The smallest absolute Gasteiger partial charge is 0.253 e. The summed E-state index contributed by atoms with van der Waals surface area (Å²) in [5, 5.41) is 14.1. The molecule has 0 bridgehead atoms. The zero-order valence-corrected chi connectivity index (χ0v) is 19.1. The number of carbonyl (C=O) groups is 2. The second-order valence-electron chi connectivity index (χ2n) is 9.52. The molecule has 1 fully saturated rings. The molecule has 0 unspecified atom stereocenters. The van der Waals surface area contributed by atoms with E-state index in [1.54, 1.807) is 4.90 Å². The van der Waals surface area contributed by atoms with Crippen molar-refractivity contribution in [2.45, 2.75) is 69.4 Å². The van der Waals surface area contributed by atoms with E-state index in [0.29, 0.717) is 24.9 Å². The average Bonchev–Trinajstić information content (AvgIpc) is 3.21. The predicted molar refractivity (Wildman–Crippen MR) is 126 cm³/mol. The van der Waals surface area contributed by atoms with Crippen molar-refractivity contribution in [1.29, 1.82) is 0 Å². The summed E-state index contributed by atoms with van der Waals surface area (Å²) in [5.74, 6) is -0.0802. The molecule has 0 spiro atoms. The summed E-state index contributed by atoms with van der Waals surface area (Å²) in [6.45, 7) is 2.07. The van der Waals surface area contributed by atoms with E-state index < -0.39 is 6.10 Å². The van der Waals surface area contributed by atoms with Crippen LogP contribution in [0.3, 0.4) is 0 Å². The number of hydrogen-bond donors (Lipinski definition) is 2. The minimum atomic E-state index is -0.596. The molecule has 4 rings (SSSR count). The van der Waals surface area contributed by atoms with Crippen LogP contribution in [0.2, 0.25) is 0 Å². The van der Waals surface area contributed by atoms with Crippen LogP contribution in [-0.2, 0) is 23.1 Å². The molecule has 0 aliphatic heterocycles. The van der Waals surface area contributed by atoms with Crippen LogP contribution in [0.5, 0.6) is 0 Å². The molecular formula is C27H34N2O3. The van der Waals surface area contributed by atoms with Gasteiger partial charge in [0.1, 0.15) is 0 Å². The standard InChI is InChI=1S/C27H34N2O3/c1-19(30)28-18-27(23-9-4-3-5-10-23)15-13-24(25(31)14-16-27)29(2)26(32)22-12-11-20-7-6-8-21(20)17-22/h3-5,9-12,17,24-25,31H,6-8,13-16,18H2,1-2H3,(H,28,30)/t24-,25-,27+/m0/s1. The first-order valence-electron chi connectivity index (χ1n) is 11.8. The minimum Gasteiger partial charge on any atom is -0.391 e. The number of carbonyl (C=O) groups excluding carboxylic acids is 2. The number of nitrogens with zero attached hydrogens (tertiary/aromatic N) is 1. The van der Waals surface area contributed by atoms with Gasteiger partial charge in [0.25, 0.3) is 5.91 Å². The largest absolute Gasteiger partial charge is 0.391 e. The fourth-order valence-corrected chi connectivity index (χ4v) is 5.52. The Kier molecular flexibility index (Phi) is 6.66. The van der Waals surface area contributed by atoms with Gasteiger partial charge in [0.2, 0.25) is 5.91 Å². The van der Waals surface area contributed by atoms with Crippen LogP contribution < -0.4 is 5.32 Å². The average molecular weight is 435 g/mol. The Hall–Kier alpha value is -2.66. The molecule has 2 aromatic rings. The van der Waals surface area contributed by atoms with Crippen LogP contribution in [0.1, 0.15) is 66.1 Å². The third-order valence-corrected chi connectivity index (χ3v) is 7.51. The van der Waals surface area contributed by atoms with Crippen molar-refractivity contribution in [3.8, 4) is 0 Å². The number of rotatable bonds is 5. The molecule has 2 amide bonds. The van der Waals surface area contributed by atoms with Crippen LogP contribution in [0.25, 0.3) is 0 Å². The van der Waals surface area contributed by atoms with Gasteiger partial charge in [-0.25, -0.2) is 0 Å². The van der Waals surface area contributed by atoms with E-state index in [-0.39, 0.29) is 23.3 Å². The molecular weight excluding hydrogens is 400 g/mol. The summed E-state index contributed by atoms with van der Waals surface area (Å²) < 4.78 is 0. The maximum atomic E-state index is 13.3. The Morgan fingerprint density at radius 2 is 1.78 bits per heavy atom. The SMILES string of the molecule is CC(=O)NC[C@]1(c2ccccc2)CC[C@H](O)[C@@H](N(C)C(=O)c2ccc3c(c2)CCC3)CC1. The van der Waals surface area contributed by atoms with E-state index in [9.17, 15) is 14.7 Å². The van der Waals surface area contributed by atoms with Gasteiger partial charge in [-0.15, -0.1) is 0 Å². The van der Waals surface area contributed by atoms with Crippen LogP contribution in [-0.4, -0.2) is 47.6 Å². The van der Waals surface area contributed by atoms with Crippen molar-refractivity contribution in [2.75, 3.05) is 13.6 Å². The highest BCUT2D eigenvalue weighted by molar-refractivity contribution is 5.94. The maximum absolute atomic E-state index is 13.3. The summed E-state index contributed by atoms with van der Waals surface area (Å²) in [4.78, 5) is 26.7. The van der Waals surface area contributed by atoms with Gasteiger partial charge in [-0.3, -0.25) is 9.59 Å². The van der Waals surface area contributed by atoms with E-state index in [0.717, 1.165) is 32.1 Å². The Labute approximate surface area is 190 Å². The zero-order chi connectivity index (χ0) is 22.7. The van der Waals surface area contributed by atoms with Crippen LogP contribution in [0.15, 0.2) is 48.5 Å². The highest BCUT2D eigenvalue weighted by atomic mass is 16.3. The first-order valence-corrected chi connectivity index (χ1v) is 11.8. The third-order valence-electron chi connectivity index (χ3n) is 7.51. The second kappa shape index (κ2) is 9.45. The zero-order valence-electron chi connectivity index (χ0n) is 19.1. The summed E-state index contributed by atoms with van der Waals surface area (Å²) >= 11 is 0. The Morgan fingerprint density at radius 1 is 1.06 bits per heavy atom. The molecule has 2 N–H and O–H groups in total. The van der Waals surface area contributed by atoms with Crippen LogP contribution in [0, 0.1) is 0 Å². The number of fused-ring (bicyclic) bond motifs is 1. The molecule has 32 heavy (non-hydrogen) atoms. The number of amides is 2. The number of nitrogens with one attached hydrogen (secondary N) is 1. The quantitative estimate of drug-likeness (QED) is 0.706. The summed E-state index contributed by atoms with van der Waals surface area (Å²) in [6, 6.07) is 16.0. The van der Waals surface area contributed by atoms with Crippen molar-refractivity contribution < 1.29 is 14.7 Å². The maximum Gasteiger partial charge on any atom is 0.253 e. The number of likely N-dealkylation sites (N-methyl/N-ethyl adjacent to an activating group) is 1. The number of hydrogen-bond acceptors (Lipinski definition) is 3. The minimum absolute atomic E-state index is 0.0298. The van der Waals surface area contributed by atoms with Gasteiger partial charge in [0.05, 0.1) is 12.1 Å². The van der Waals surface area contributed by atoms with E-state index in [4.69, 9.17) is 0 Å². The highest BCUT2D eigenvalue weighted by Crippen LogP contribution is 2.39. The summed E-state index contributed by atoms with van der Waals surface area (Å²) in [6.07, 6.45) is 5.51. The molecule has 170 valence electrons. The summed E-state index contributed by atoms with van der Waals surface area (Å²) in [5.41, 5.74) is 4.26. The molecule has 2 aromatic carbocycles. The van der Waals surface area contributed by atoms with Crippen molar-refractivity contribution >= 4 is 11.8 Å². The van der Waals surface area contributed by atoms with E-state index in [1.165, 1.54) is 23.6 Å². The van der Waals surface area contributed by atoms with Gasteiger partial charge in [0, 0.05) is 31.5 Å².